The van der Waals surface area contributed by atoms with Crippen molar-refractivity contribution in [2.45, 2.75) is 25.3 Å². The van der Waals surface area contributed by atoms with Gasteiger partial charge in [-0.25, -0.2) is 0 Å². The molecule has 0 saturated carbocycles. The van der Waals surface area contributed by atoms with E-state index >= 15 is 0 Å². The molecule has 1 fully saturated rings. The number of nitrogens with one attached hydrogen (secondary N) is 1. The second kappa shape index (κ2) is 4.11. The molecular weight excluding hydrogens is 176 g/mol. The molecule has 4 heteroatoms. The third-order valence-electron chi connectivity index (χ3n) is 2.92. The zero-order chi connectivity index (χ0) is 9.97. The lowest BCUT2D eigenvalue weighted by atomic mass is 9.96. The lowest BCUT2D eigenvalue weighted by molar-refractivity contribution is 0.451. The van der Waals surface area contributed by atoms with Gasteiger partial charge in [0.25, 0.3) is 0 Å². The van der Waals surface area contributed by atoms with E-state index in [0.29, 0.717) is 12.5 Å². The number of aromatic nitrogens is 2. The number of piperidine rings is 1. The Labute approximate surface area is 84.5 Å². The average Bonchev–Trinajstić information content (AvgIpc) is 2.61. The molecule has 1 atom stereocenters. The van der Waals surface area contributed by atoms with Gasteiger partial charge in [0, 0.05) is 26.1 Å². The Kier molecular flexibility index (Phi) is 2.84. The van der Waals surface area contributed by atoms with Crippen LogP contribution in [-0.4, -0.2) is 22.9 Å². The Hall–Kier alpha value is -0.870. The third kappa shape index (κ3) is 1.81. The Morgan fingerprint density at radius 2 is 2.57 bits per heavy atom. The summed E-state index contributed by atoms with van der Waals surface area (Å²) in [6, 6.07) is 2.14. The summed E-state index contributed by atoms with van der Waals surface area (Å²) in [6.45, 7) is 2.78. The van der Waals surface area contributed by atoms with Crippen LogP contribution in [0.15, 0.2) is 6.07 Å². The number of aryl methyl sites for hydroxylation is 1. The molecule has 2 heterocycles. The van der Waals surface area contributed by atoms with Crippen LogP contribution in [0, 0.1) is 0 Å². The Balaban J connectivity index is 2.14. The van der Waals surface area contributed by atoms with Crippen LogP contribution >= 0.6 is 0 Å². The van der Waals surface area contributed by atoms with Crippen molar-refractivity contribution in [1.29, 1.82) is 0 Å². The summed E-state index contributed by atoms with van der Waals surface area (Å²) >= 11 is 0. The topological polar surface area (TPSA) is 55.9 Å². The van der Waals surface area contributed by atoms with Gasteiger partial charge in [0.15, 0.2) is 0 Å². The van der Waals surface area contributed by atoms with Gasteiger partial charge >= 0.3 is 0 Å². The van der Waals surface area contributed by atoms with E-state index in [0.717, 1.165) is 18.8 Å². The first-order valence-corrected chi connectivity index (χ1v) is 5.25. The molecule has 2 rings (SSSR count). The first kappa shape index (κ1) is 9.68. The maximum atomic E-state index is 5.62. The van der Waals surface area contributed by atoms with Crippen molar-refractivity contribution in [3.8, 4) is 0 Å². The lowest BCUT2D eigenvalue weighted by Crippen LogP contribution is -2.28. The van der Waals surface area contributed by atoms with Gasteiger partial charge in [-0.15, -0.1) is 0 Å². The van der Waals surface area contributed by atoms with Crippen LogP contribution in [0.1, 0.15) is 30.1 Å². The molecule has 4 nitrogen and oxygen atoms in total. The van der Waals surface area contributed by atoms with E-state index in [4.69, 9.17) is 5.73 Å². The van der Waals surface area contributed by atoms with Gasteiger partial charge in [-0.3, -0.25) is 4.68 Å². The molecule has 3 N–H and O–H groups in total. The zero-order valence-corrected chi connectivity index (χ0v) is 8.66. The lowest BCUT2D eigenvalue weighted by Gasteiger charge is -2.20. The van der Waals surface area contributed by atoms with Crippen LogP contribution in [-0.2, 0) is 13.6 Å². The fourth-order valence-corrected chi connectivity index (χ4v) is 2.03. The molecular formula is C10H18N4. The Bertz CT molecular complexity index is 299. The van der Waals surface area contributed by atoms with Gasteiger partial charge in [0.2, 0.25) is 0 Å². The summed E-state index contributed by atoms with van der Waals surface area (Å²) < 4.78 is 1.89. The summed E-state index contributed by atoms with van der Waals surface area (Å²) in [6.07, 6.45) is 2.49. The quantitative estimate of drug-likeness (QED) is 0.714. The van der Waals surface area contributed by atoms with Crippen LogP contribution in [0.3, 0.4) is 0 Å². The Morgan fingerprint density at radius 1 is 1.71 bits per heavy atom. The summed E-state index contributed by atoms with van der Waals surface area (Å²) in [5.41, 5.74) is 7.93. The summed E-state index contributed by atoms with van der Waals surface area (Å²) in [4.78, 5) is 0. The van der Waals surface area contributed by atoms with E-state index in [-0.39, 0.29) is 0 Å². The molecule has 78 valence electrons. The molecule has 1 unspecified atom stereocenters. The fraction of sp³-hybridized carbons (Fsp3) is 0.700. The average molecular weight is 194 g/mol. The molecule has 1 aromatic rings. The smallest absolute Gasteiger partial charge is 0.0671 e. The molecule has 1 aromatic heterocycles. The molecule has 0 aliphatic carbocycles. The maximum absolute atomic E-state index is 5.62. The van der Waals surface area contributed by atoms with Gasteiger partial charge in [-0.1, -0.05) is 0 Å². The van der Waals surface area contributed by atoms with Gasteiger partial charge < -0.3 is 11.1 Å². The molecule has 1 aliphatic heterocycles. The number of hydrogen-bond acceptors (Lipinski definition) is 3. The standard InChI is InChI=1S/C10H18N4/c1-14-9(6-11)5-10(13-14)8-3-2-4-12-7-8/h5,8,12H,2-4,6-7,11H2,1H3. The summed E-state index contributed by atoms with van der Waals surface area (Å²) in [5.74, 6) is 0.579. The van der Waals surface area contributed by atoms with E-state index < -0.39 is 0 Å². The van der Waals surface area contributed by atoms with Crippen LogP contribution in [0.25, 0.3) is 0 Å². The predicted octanol–water partition coefficient (Wildman–Crippen LogP) is 0.346. The van der Waals surface area contributed by atoms with Gasteiger partial charge in [-0.2, -0.15) is 5.10 Å². The molecule has 0 amide bonds. The van der Waals surface area contributed by atoms with E-state index in [1.54, 1.807) is 0 Å². The van der Waals surface area contributed by atoms with Crippen molar-refractivity contribution in [3.63, 3.8) is 0 Å². The molecule has 0 spiro atoms. The van der Waals surface area contributed by atoms with Crippen molar-refractivity contribution in [2.24, 2.45) is 12.8 Å². The highest BCUT2D eigenvalue weighted by Gasteiger charge is 2.18. The van der Waals surface area contributed by atoms with E-state index in [1.165, 1.54) is 18.5 Å². The molecule has 0 radical (unpaired) electrons. The molecule has 0 aromatic carbocycles. The minimum Gasteiger partial charge on any atom is -0.325 e. The minimum atomic E-state index is 0.573. The van der Waals surface area contributed by atoms with Crippen LogP contribution in [0.5, 0.6) is 0 Å². The van der Waals surface area contributed by atoms with Crippen molar-refractivity contribution in [1.82, 2.24) is 15.1 Å². The van der Waals surface area contributed by atoms with E-state index in [2.05, 4.69) is 16.5 Å². The fourth-order valence-electron chi connectivity index (χ4n) is 2.03. The molecule has 14 heavy (non-hydrogen) atoms. The molecule has 1 saturated heterocycles. The molecule has 0 bridgehead atoms. The van der Waals surface area contributed by atoms with E-state index in [1.807, 2.05) is 11.7 Å². The molecule has 1 aliphatic rings. The van der Waals surface area contributed by atoms with Crippen molar-refractivity contribution in [2.75, 3.05) is 13.1 Å². The first-order valence-electron chi connectivity index (χ1n) is 5.25. The van der Waals surface area contributed by atoms with Crippen LogP contribution in [0.4, 0.5) is 0 Å². The number of hydrogen-bond donors (Lipinski definition) is 2. The summed E-state index contributed by atoms with van der Waals surface area (Å²) in [7, 11) is 1.96. The third-order valence-corrected chi connectivity index (χ3v) is 2.92. The monoisotopic (exact) mass is 194 g/mol. The normalized spacial score (nSPS) is 22.6. The second-order valence-electron chi connectivity index (χ2n) is 3.93. The van der Waals surface area contributed by atoms with Gasteiger partial charge in [0.1, 0.15) is 0 Å². The summed E-state index contributed by atoms with van der Waals surface area (Å²) in [5, 5.41) is 7.90. The zero-order valence-electron chi connectivity index (χ0n) is 8.66. The number of nitrogens with two attached hydrogens (primary N) is 1. The highest BCUT2D eigenvalue weighted by molar-refractivity contribution is 5.15. The van der Waals surface area contributed by atoms with Crippen molar-refractivity contribution < 1.29 is 0 Å². The van der Waals surface area contributed by atoms with Crippen molar-refractivity contribution >= 4 is 0 Å². The maximum Gasteiger partial charge on any atom is 0.0671 e. The highest BCUT2D eigenvalue weighted by atomic mass is 15.3. The van der Waals surface area contributed by atoms with E-state index in [9.17, 15) is 0 Å². The SMILES string of the molecule is Cn1nc(C2CCCNC2)cc1CN. The van der Waals surface area contributed by atoms with Crippen LogP contribution in [0.2, 0.25) is 0 Å². The van der Waals surface area contributed by atoms with Crippen LogP contribution < -0.4 is 11.1 Å². The highest BCUT2D eigenvalue weighted by Crippen LogP contribution is 2.22. The largest absolute Gasteiger partial charge is 0.325 e. The number of rotatable bonds is 2. The predicted molar refractivity (Wildman–Crippen MR) is 55.9 cm³/mol. The van der Waals surface area contributed by atoms with Crippen molar-refractivity contribution in [3.05, 3.63) is 17.5 Å². The Morgan fingerprint density at radius 3 is 3.14 bits per heavy atom. The first-order chi connectivity index (χ1) is 6.81. The second-order valence-corrected chi connectivity index (χ2v) is 3.93. The number of nitrogens with zero attached hydrogens (tertiary/aromatic N) is 2. The van der Waals surface area contributed by atoms with Gasteiger partial charge in [0.05, 0.1) is 11.4 Å². The van der Waals surface area contributed by atoms with Gasteiger partial charge in [-0.05, 0) is 25.5 Å². The minimum absolute atomic E-state index is 0.573.